The van der Waals surface area contributed by atoms with Gasteiger partial charge in [-0.3, -0.25) is 9.59 Å². The minimum absolute atomic E-state index is 0.00432. The number of benzene rings is 2. The number of carbonyl (C=O) groups is 2. The van der Waals surface area contributed by atoms with E-state index in [1.54, 1.807) is 18.2 Å². The van der Waals surface area contributed by atoms with Crippen LogP contribution in [0.4, 0.5) is 4.39 Å². The van der Waals surface area contributed by atoms with Gasteiger partial charge >= 0.3 is 0 Å². The Hall–Kier alpha value is -3.67. The number of aryl methyl sites for hydroxylation is 1. The lowest BCUT2D eigenvalue weighted by Gasteiger charge is -2.26. The first kappa shape index (κ1) is 19.6. The SMILES string of the molecule is O=C(CCc1ccccc1)C1=C(O)C(=O)N(Cc2ccco2)C1c1ccccc1F. The number of hydrogen-bond donors (Lipinski definition) is 1. The maximum Gasteiger partial charge on any atom is 0.290 e. The highest BCUT2D eigenvalue weighted by atomic mass is 19.1. The van der Waals surface area contributed by atoms with Crippen molar-refractivity contribution in [2.24, 2.45) is 0 Å². The average Bonchev–Trinajstić information content (AvgIpc) is 3.36. The monoisotopic (exact) mass is 405 g/mol. The normalized spacial score (nSPS) is 16.4. The van der Waals surface area contributed by atoms with Crippen molar-refractivity contribution >= 4 is 11.7 Å². The number of ketones is 1. The highest BCUT2D eigenvalue weighted by Gasteiger charge is 2.44. The minimum atomic E-state index is -1.02. The Bertz CT molecular complexity index is 1090. The molecule has 2 heterocycles. The van der Waals surface area contributed by atoms with Gasteiger partial charge in [0.1, 0.15) is 11.6 Å². The molecule has 6 heteroatoms. The van der Waals surface area contributed by atoms with E-state index >= 15 is 0 Å². The number of furan rings is 1. The molecule has 1 amide bonds. The Balaban J connectivity index is 1.68. The Morgan fingerprint density at radius 1 is 1.03 bits per heavy atom. The van der Waals surface area contributed by atoms with Crippen molar-refractivity contribution in [2.75, 3.05) is 0 Å². The van der Waals surface area contributed by atoms with Gasteiger partial charge in [-0.05, 0) is 30.2 Å². The van der Waals surface area contributed by atoms with Crippen molar-refractivity contribution in [3.63, 3.8) is 0 Å². The first-order valence-corrected chi connectivity index (χ1v) is 9.64. The van der Waals surface area contributed by atoms with Crippen LogP contribution in [0.1, 0.15) is 29.3 Å². The molecule has 0 saturated carbocycles. The quantitative estimate of drug-likeness (QED) is 0.628. The van der Waals surface area contributed by atoms with Gasteiger partial charge in [-0.15, -0.1) is 0 Å². The van der Waals surface area contributed by atoms with Crippen LogP contribution >= 0.6 is 0 Å². The summed E-state index contributed by atoms with van der Waals surface area (Å²) >= 11 is 0. The molecule has 5 nitrogen and oxygen atoms in total. The first-order valence-electron chi connectivity index (χ1n) is 9.64. The number of aliphatic hydroxyl groups is 1. The summed E-state index contributed by atoms with van der Waals surface area (Å²) in [5.41, 5.74) is 1.04. The zero-order valence-corrected chi connectivity index (χ0v) is 16.1. The Labute approximate surface area is 173 Å². The van der Waals surface area contributed by atoms with E-state index in [-0.39, 0.29) is 29.9 Å². The molecular formula is C24H20FNO4. The zero-order valence-electron chi connectivity index (χ0n) is 16.1. The third kappa shape index (κ3) is 3.76. The van der Waals surface area contributed by atoms with Gasteiger partial charge < -0.3 is 14.4 Å². The topological polar surface area (TPSA) is 70.8 Å². The summed E-state index contributed by atoms with van der Waals surface area (Å²) in [6, 6.07) is 17.7. The van der Waals surface area contributed by atoms with Gasteiger partial charge in [-0.1, -0.05) is 48.5 Å². The molecule has 3 aromatic rings. The predicted molar refractivity (Wildman–Crippen MR) is 108 cm³/mol. The first-order chi connectivity index (χ1) is 14.6. The largest absolute Gasteiger partial charge is 0.503 e. The number of aliphatic hydroxyl groups excluding tert-OH is 1. The van der Waals surface area contributed by atoms with E-state index < -0.39 is 23.5 Å². The standard InChI is InChI=1S/C24H20FNO4/c25-19-11-5-4-10-18(19)22-21(20(27)13-12-16-7-2-1-3-8-16)23(28)24(29)26(22)15-17-9-6-14-30-17/h1-11,14,22,28H,12-13,15H2. The third-order valence-corrected chi connectivity index (χ3v) is 5.19. The maximum atomic E-state index is 14.7. The van der Waals surface area contributed by atoms with Crippen molar-refractivity contribution < 1.29 is 23.5 Å². The lowest BCUT2D eigenvalue weighted by molar-refractivity contribution is -0.130. The van der Waals surface area contributed by atoms with Crippen LogP contribution in [0.15, 0.2) is 88.7 Å². The highest BCUT2D eigenvalue weighted by molar-refractivity contribution is 6.09. The summed E-state index contributed by atoms with van der Waals surface area (Å²) in [5, 5.41) is 10.6. The number of hydrogen-bond acceptors (Lipinski definition) is 4. The summed E-state index contributed by atoms with van der Waals surface area (Å²) in [6.07, 6.45) is 2.01. The number of amides is 1. The van der Waals surface area contributed by atoms with E-state index in [0.29, 0.717) is 12.2 Å². The van der Waals surface area contributed by atoms with Crippen LogP contribution in [0.3, 0.4) is 0 Å². The van der Waals surface area contributed by atoms with Gasteiger partial charge in [0.15, 0.2) is 11.5 Å². The van der Waals surface area contributed by atoms with Crippen LogP contribution in [0, 0.1) is 5.82 Å². The van der Waals surface area contributed by atoms with E-state index in [1.807, 2.05) is 30.3 Å². The van der Waals surface area contributed by atoms with Gasteiger partial charge in [0, 0.05) is 12.0 Å². The molecule has 1 aliphatic rings. The van der Waals surface area contributed by atoms with Crippen molar-refractivity contribution in [1.82, 2.24) is 4.90 Å². The molecule has 2 aromatic carbocycles. The van der Waals surface area contributed by atoms with Crippen LogP contribution in [0.25, 0.3) is 0 Å². The molecule has 4 rings (SSSR count). The smallest absolute Gasteiger partial charge is 0.290 e. The second kappa shape index (κ2) is 8.37. The van der Waals surface area contributed by atoms with Gasteiger partial charge in [0.25, 0.3) is 5.91 Å². The fourth-order valence-electron chi connectivity index (χ4n) is 3.73. The maximum absolute atomic E-state index is 14.7. The average molecular weight is 405 g/mol. The second-order valence-electron chi connectivity index (χ2n) is 7.11. The van der Waals surface area contributed by atoms with Crippen molar-refractivity contribution in [1.29, 1.82) is 0 Å². The molecule has 1 N–H and O–H groups in total. The van der Waals surface area contributed by atoms with E-state index in [0.717, 1.165) is 5.56 Å². The molecule has 152 valence electrons. The van der Waals surface area contributed by atoms with E-state index in [9.17, 15) is 19.1 Å². The molecule has 1 unspecified atom stereocenters. The number of Topliss-reactive ketones (excluding diaryl/α,β-unsaturated/α-hetero) is 1. The lowest BCUT2D eigenvalue weighted by atomic mass is 9.93. The highest BCUT2D eigenvalue weighted by Crippen LogP contribution is 2.40. The number of halogens is 1. The molecule has 1 atom stereocenters. The van der Waals surface area contributed by atoms with Crippen molar-refractivity contribution in [3.8, 4) is 0 Å². The predicted octanol–water partition coefficient (Wildman–Crippen LogP) is 4.52. The fraction of sp³-hybridized carbons (Fsp3) is 0.167. The minimum Gasteiger partial charge on any atom is -0.503 e. The number of carbonyl (C=O) groups excluding carboxylic acids is 2. The third-order valence-electron chi connectivity index (χ3n) is 5.19. The molecule has 30 heavy (non-hydrogen) atoms. The molecule has 1 aromatic heterocycles. The van der Waals surface area contributed by atoms with Gasteiger partial charge in [0.05, 0.1) is 24.4 Å². The van der Waals surface area contributed by atoms with Crippen LogP contribution in [-0.4, -0.2) is 21.7 Å². The molecule has 0 fully saturated rings. The lowest BCUT2D eigenvalue weighted by Crippen LogP contribution is -2.31. The molecule has 1 aliphatic heterocycles. The summed E-state index contributed by atoms with van der Waals surface area (Å²) in [7, 11) is 0. The fourth-order valence-corrected chi connectivity index (χ4v) is 3.73. The van der Waals surface area contributed by atoms with Crippen LogP contribution < -0.4 is 0 Å². The van der Waals surface area contributed by atoms with E-state index in [1.165, 1.54) is 29.4 Å². The molecular weight excluding hydrogens is 385 g/mol. The van der Waals surface area contributed by atoms with Crippen molar-refractivity contribution in [3.05, 3.63) is 107 Å². The molecule has 0 aliphatic carbocycles. The summed E-state index contributed by atoms with van der Waals surface area (Å²) in [6.45, 7) is 0.00432. The molecule has 0 spiro atoms. The Morgan fingerprint density at radius 3 is 2.47 bits per heavy atom. The molecule has 0 bridgehead atoms. The van der Waals surface area contributed by atoms with Crippen LogP contribution in [0.5, 0.6) is 0 Å². The van der Waals surface area contributed by atoms with Crippen LogP contribution in [0.2, 0.25) is 0 Å². The van der Waals surface area contributed by atoms with Gasteiger partial charge in [-0.25, -0.2) is 4.39 Å². The van der Waals surface area contributed by atoms with E-state index in [2.05, 4.69) is 0 Å². The summed E-state index contributed by atoms with van der Waals surface area (Å²) < 4.78 is 20.0. The van der Waals surface area contributed by atoms with Gasteiger partial charge in [-0.2, -0.15) is 0 Å². The van der Waals surface area contributed by atoms with Gasteiger partial charge in [0.2, 0.25) is 0 Å². The summed E-state index contributed by atoms with van der Waals surface area (Å²) in [5.74, 6) is -1.83. The zero-order chi connectivity index (χ0) is 21.1. The Morgan fingerprint density at radius 2 is 1.77 bits per heavy atom. The van der Waals surface area contributed by atoms with Crippen LogP contribution in [-0.2, 0) is 22.6 Å². The number of rotatable bonds is 7. The van der Waals surface area contributed by atoms with Crippen molar-refractivity contribution in [2.45, 2.75) is 25.4 Å². The summed E-state index contributed by atoms with van der Waals surface area (Å²) in [4.78, 5) is 27.2. The number of nitrogens with zero attached hydrogens (tertiary/aromatic N) is 1. The Kier molecular flexibility index (Phi) is 5.48. The second-order valence-corrected chi connectivity index (χ2v) is 7.11. The van der Waals surface area contributed by atoms with E-state index in [4.69, 9.17) is 4.42 Å². The molecule has 0 radical (unpaired) electrons. The molecule has 0 saturated heterocycles.